The van der Waals surface area contributed by atoms with E-state index in [0.29, 0.717) is 25.3 Å². The molecule has 2 N–H and O–H groups in total. The van der Waals surface area contributed by atoms with Gasteiger partial charge in [-0.3, -0.25) is 14.6 Å². The van der Waals surface area contributed by atoms with Crippen LogP contribution < -0.4 is 10.6 Å². The predicted molar refractivity (Wildman–Crippen MR) is 96.9 cm³/mol. The van der Waals surface area contributed by atoms with Crippen molar-refractivity contribution in [2.45, 2.75) is 39.2 Å². The summed E-state index contributed by atoms with van der Waals surface area (Å²) in [6.45, 7) is 4.57. The maximum atomic E-state index is 12.7. The molecule has 130 valence electrons. The van der Waals surface area contributed by atoms with Crippen LogP contribution in [0, 0.1) is 5.41 Å². The van der Waals surface area contributed by atoms with Gasteiger partial charge in [-0.05, 0) is 48.1 Å². The highest BCUT2D eigenvalue weighted by Gasteiger charge is 2.56. The van der Waals surface area contributed by atoms with Crippen molar-refractivity contribution in [3.63, 3.8) is 0 Å². The molecule has 0 aliphatic heterocycles. The fourth-order valence-electron chi connectivity index (χ4n) is 2.89. The molecule has 1 aliphatic carbocycles. The van der Waals surface area contributed by atoms with Crippen LogP contribution in [0.1, 0.15) is 43.7 Å². The van der Waals surface area contributed by atoms with E-state index >= 15 is 0 Å². The maximum Gasteiger partial charge on any atom is 0.240 e. The van der Waals surface area contributed by atoms with Crippen molar-refractivity contribution < 1.29 is 9.59 Å². The minimum absolute atomic E-state index is 0.205. The Morgan fingerprint density at radius 3 is 2.40 bits per heavy atom. The van der Waals surface area contributed by atoms with Gasteiger partial charge in [-0.1, -0.05) is 32.0 Å². The summed E-state index contributed by atoms with van der Waals surface area (Å²) in [7, 11) is 0. The lowest BCUT2D eigenvalue weighted by atomic mass is 9.99. The normalized spacial score (nSPS) is 14.8. The number of aromatic nitrogens is 1. The highest BCUT2D eigenvalue weighted by Crippen LogP contribution is 2.47. The molecular weight excluding hydrogens is 314 g/mol. The van der Waals surface area contributed by atoms with Crippen LogP contribution in [0.4, 0.5) is 5.69 Å². The Hall–Kier alpha value is -2.69. The zero-order valence-electron chi connectivity index (χ0n) is 14.6. The first-order valence-corrected chi connectivity index (χ1v) is 8.60. The average Bonchev–Trinajstić information content (AvgIpc) is 3.43. The number of anilines is 1. The smallest absolute Gasteiger partial charge is 0.240 e. The van der Waals surface area contributed by atoms with E-state index in [1.807, 2.05) is 36.4 Å². The topological polar surface area (TPSA) is 71.1 Å². The first kappa shape index (κ1) is 17.1. The average molecular weight is 337 g/mol. The molecule has 1 fully saturated rings. The molecule has 1 aliphatic rings. The summed E-state index contributed by atoms with van der Waals surface area (Å²) in [5, 5.41) is 5.84. The lowest BCUT2D eigenvalue weighted by molar-refractivity contribution is -0.134. The second kappa shape index (κ2) is 7.05. The summed E-state index contributed by atoms with van der Waals surface area (Å²) in [5.41, 5.74) is 1.89. The van der Waals surface area contributed by atoms with Gasteiger partial charge in [0.15, 0.2) is 0 Å². The molecule has 0 spiro atoms. The van der Waals surface area contributed by atoms with E-state index < -0.39 is 5.41 Å². The molecule has 25 heavy (non-hydrogen) atoms. The molecule has 2 amide bonds. The Bertz CT molecular complexity index is 768. The quantitative estimate of drug-likeness (QED) is 0.795. The third-order valence-corrected chi connectivity index (χ3v) is 4.65. The van der Waals surface area contributed by atoms with Crippen LogP contribution in [0.5, 0.6) is 0 Å². The zero-order chi connectivity index (χ0) is 17.9. The number of benzene rings is 1. The van der Waals surface area contributed by atoms with Gasteiger partial charge in [0.05, 0.1) is 0 Å². The zero-order valence-corrected chi connectivity index (χ0v) is 14.6. The molecule has 0 saturated heterocycles. The van der Waals surface area contributed by atoms with E-state index in [2.05, 4.69) is 29.5 Å². The Morgan fingerprint density at radius 1 is 1.08 bits per heavy atom. The molecule has 1 aromatic heterocycles. The Morgan fingerprint density at radius 2 is 1.76 bits per heavy atom. The number of carbonyl (C=O) groups excluding carboxylic acids is 2. The summed E-state index contributed by atoms with van der Waals surface area (Å²) in [4.78, 5) is 29.3. The van der Waals surface area contributed by atoms with Crippen molar-refractivity contribution in [2.24, 2.45) is 5.41 Å². The van der Waals surface area contributed by atoms with E-state index in [9.17, 15) is 9.59 Å². The largest absolute Gasteiger partial charge is 0.351 e. The molecule has 0 atom stereocenters. The van der Waals surface area contributed by atoms with Gasteiger partial charge in [0, 0.05) is 24.6 Å². The van der Waals surface area contributed by atoms with Crippen molar-refractivity contribution in [3.05, 3.63) is 59.9 Å². The third kappa shape index (κ3) is 3.71. The van der Waals surface area contributed by atoms with Crippen molar-refractivity contribution in [2.75, 3.05) is 5.32 Å². The lowest BCUT2D eigenvalue weighted by Gasteiger charge is -2.18. The molecule has 1 aromatic carbocycles. The van der Waals surface area contributed by atoms with Gasteiger partial charge in [0.2, 0.25) is 11.8 Å². The number of rotatable bonds is 6. The molecule has 0 radical (unpaired) electrons. The molecule has 5 nitrogen and oxygen atoms in total. The first-order chi connectivity index (χ1) is 12.0. The number of hydrogen-bond acceptors (Lipinski definition) is 3. The maximum absolute atomic E-state index is 12.7. The predicted octanol–water partition coefficient (Wildman–Crippen LogP) is 3.24. The summed E-state index contributed by atoms with van der Waals surface area (Å²) < 4.78 is 0. The van der Waals surface area contributed by atoms with E-state index in [0.717, 1.165) is 16.8 Å². The van der Waals surface area contributed by atoms with Crippen molar-refractivity contribution in [1.82, 2.24) is 10.3 Å². The lowest BCUT2D eigenvalue weighted by Crippen LogP contribution is -2.39. The molecule has 1 heterocycles. The minimum Gasteiger partial charge on any atom is -0.351 e. The van der Waals surface area contributed by atoms with Crippen LogP contribution in [-0.4, -0.2) is 16.8 Å². The monoisotopic (exact) mass is 337 g/mol. The van der Waals surface area contributed by atoms with E-state index in [1.54, 1.807) is 12.4 Å². The highest BCUT2D eigenvalue weighted by molar-refractivity contribution is 6.13. The fraction of sp³-hybridized carbons (Fsp3) is 0.350. The number of amides is 2. The number of carbonyl (C=O) groups is 2. The van der Waals surface area contributed by atoms with E-state index in [-0.39, 0.29) is 11.8 Å². The summed E-state index contributed by atoms with van der Waals surface area (Å²) >= 11 is 0. The summed E-state index contributed by atoms with van der Waals surface area (Å²) in [6.07, 6.45) is 4.55. The third-order valence-electron chi connectivity index (χ3n) is 4.65. The van der Waals surface area contributed by atoms with E-state index in [1.165, 1.54) is 0 Å². The fourth-order valence-corrected chi connectivity index (χ4v) is 2.89. The van der Waals surface area contributed by atoms with Crippen molar-refractivity contribution in [3.8, 4) is 0 Å². The van der Waals surface area contributed by atoms with Crippen LogP contribution in [0.25, 0.3) is 0 Å². The second-order valence-corrected chi connectivity index (χ2v) is 6.82. The Balaban J connectivity index is 1.66. The highest BCUT2D eigenvalue weighted by atomic mass is 16.2. The molecule has 0 unspecified atom stereocenters. The number of nitrogens with one attached hydrogen (secondary N) is 2. The van der Waals surface area contributed by atoms with Crippen LogP contribution in [0.2, 0.25) is 0 Å². The van der Waals surface area contributed by atoms with Crippen LogP contribution in [-0.2, 0) is 16.1 Å². The van der Waals surface area contributed by atoms with Gasteiger partial charge in [0.1, 0.15) is 5.41 Å². The first-order valence-electron chi connectivity index (χ1n) is 8.60. The Kier molecular flexibility index (Phi) is 4.83. The van der Waals surface area contributed by atoms with E-state index in [4.69, 9.17) is 0 Å². The van der Waals surface area contributed by atoms with Crippen molar-refractivity contribution in [1.29, 1.82) is 0 Å². The van der Waals surface area contributed by atoms with Gasteiger partial charge in [-0.15, -0.1) is 0 Å². The van der Waals surface area contributed by atoms with Gasteiger partial charge in [-0.2, -0.15) is 0 Å². The number of hydrogen-bond donors (Lipinski definition) is 2. The van der Waals surface area contributed by atoms with Crippen molar-refractivity contribution >= 4 is 17.5 Å². The SMILES string of the molecule is CC(C)c1ccccc1NC(=O)C1(C(=O)NCc2ccncc2)CC1. The summed E-state index contributed by atoms with van der Waals surface area (Å²) in [6, 6.07) is 11.4. The molecule has 1 saturated carbocycles. The Labute approximate surface area is 147 Å². The van der Waals surface area contributed by atoms with Gasteiger partial charge >= 0.3 is 0 Å². The molecule has 3 rings (SSSR count). The van der Waals surface area contributed by atoms with Gasteiger partial charge in [0.25, 0.3) is 0 Å². The van der Waals surface area contributed by atoms with Crippen LogP contribution in [0.3, 0.4) is 0 Å². The van der Waals surface area contributed by atoms with Crippen LogP contribution in [0.15, 0.2) is 48.8 Å². The molecule has 2 aromatic rings. The molecule has 5 heteroatoms. The molecule has 0 bridgehead atoms. The minimum atomic E-state index is -0.933. The van der Waals surface area contributed by atoms with Gasteiger partial charge in [-0.25, -0.2) is 0 Å². The van der Waals surface area contributed by atoms with Crippen LogP contribution >= 0.6 is 0 Å². The van der Waals surface area contributed by atoms with Gasteiger partial charge < -0.3 is 10.6 Å². The standard InChI is InChI=1S/C20H23N3O2/c1-14(2)16-5-3-4-6-17(16)23-19(25)20(9-10-20)18(24)22-13-15-7-11-21-12-8-15/h3-8,11-12,14H,9-10,13H2,1-2H3,(H,22,24)(H,23,25). The number of pyridine rings is 1. The number of para-hydroxylation sites is 1. The second-order valence-electron chi connectivity index (χ2n) is 6.82. The number of nitrogens with zero attached hydrogens (tertiary/aromatic N) is 1. The summed E-state index contributed by atoms with van der Waals surface area (Å²) in [5.74, 6) is -0.121. The molecular formula is C20H23N3O2.